The van der Waals surface area contributed by atoms with E-state index in [-0.39, 0.29) is 11.2 Å². The zero-order valence-corrected chi connectivity index (χ0v) is 17.1. The lowest BCUT2D eigenvalue weighted by atomic mass is 10.1. The second-order valence-corrected chi connectivity index (χ2v) is 8.16. The van der Waals surface area contributed by atoms with Crippen LogP contribution in [0.15, 0.2) is 58.2 Å². The second-order valence-electron chi connectivity index (χ2n) is 5.94. The fourth-order valence-electron chi connectivity index (χ4n) is 2.50. The van der Waals surface area contributed by atoms with Gasteiger partial charge in [-0.3, -0.25) is 4.79 Å². The quantitative estimate of drug-likeness (QED) is 0.597. The second kappa shape index (κ2) is 8.05. The largest absolute Gasteiger partial charge is 0.325 e. The molecule has 0 saturated heterocycles. The van der Waals surface area contributed by atoms with E-state index in [2.05, 4.69) is 31.4 Å². The van der Waals surface area contributed by atoms with E-state index in [9.17, 15) is 4.79 Å². The van der Waals surface area contributed by atoms with Crippen molar-refractivity contribution in [1.29, 1.82) is 0 Å². The monoisotopic (exact) mass is 430 g/mol. The predicted molar refractivity (Wildman–Crippen MR) is 109 cm³/mol. The third-order valence-electron chi connectivity index (χ3n) is 3.96. The topological polar surface area (TPSA) is 59.8 Å². The van der Waals surface area contributed by atoms with Gasteiger partial charge in [-0.2, -0.15) is 0 Å². The molecule has 0 bridgehead atoms. The average molecular weight is 431 g/mol. The van der Waals surface area contributed by atoms with Crippen LogP contribution in [0.5, 0.6) is 0 Å². The van der Waals surface area contributed by atoms with Crippen LogP contribution < -0.4 is 5.32 Å². The summed E-state index contributed by atoms with van der Waals surface area (Å²) in [5.41, 5.74) is 2.94. The van der Waals surface area contributed by atoms with Gasteiger partial charge in [0.2, 0.25) is 5.91 Å². The van der Waals surface area contributed by atoms with Gasteiger partial charge in [-0.15, -0.1) is 10.2 Å². The van der Waals surface area contributed by atoms with Crippen LogP contribution in [0.4, 0.5) is 5.69 Å². The van der Waals surface area contributed by atoms with Gasteiger partial charge in [-0.1, -0.05) is 58.0 Å². The Morgan fingerprint density at radius 2 is 1.96 bits per heavy atom. The number of carbonyl (C=O) groups is 1. The molecule has 1 aromatic heterocycles. The fraction of sp³-hybridized carbons (Fsp3) is 0.211. The number of hydrogen-bond donors (Lipinski definition) is 1. The number of rotatable bonds is 5. The van der Waals surface area contributed by atoms with Crippen LogP contribution in [0.25, 0.3) is 11.4 Å². The van der Waals surface area contributed by atoms with Crippen molar-refractivity contribution in [3.05, 3.63) is 58.6 Å². The molecule has 0 aliphatic rings. The molecule has 3 aromatic rings. The van der Waals surface area contributed by atoms with Gasteiger partial charge >= 0.3 is 0 Å². The van der Waals surface area contributed by atoms with Crippen LogP contribution in [-0.4, -0.2) is 25.9 Å². The molecule has 134 valence electrons. The van der Waals surface area contributed by atoms with E-state index in [0.717, 1.165) is 27.1 Å². The van der Waals surface area contributed by atoms with E-state index in [4.69, 9.17) is 0 Å². The van der Waals surface area contributed by atoms with Crippen LogP contribution in [0.3, 0.4) is 0 Å². The Hall–Kier alpha value is -2.12. The zero-order chi connectivity index (χ0) is 18.7. The molecule has 1 heterocycles. The number of anilines is 1. The summed E-state index contributed by atoms with van der Waals surface area (Å²) < 4.78 is 2.85. The maximum absolute atomic E-state index is 12.5. The highest BCUT2D eigenvalue weighted by atomic mass is 79.9. The first-order valence-corrected chi connectivity index (χ1v) is 9.81. The number of carbonyl (C=O) groups excluding carboxylic acids is 1. The lowest BCUT2D eigenvalue weighted by molar-refractivity contribution is -0.115. The van der Waals surface area contributed by atoms with E-state index < -0.39 is 0 Å². The van der Waals surface area contributed by atoms with Gasteiger partial charge < -0.3 is 9.88 Å². The summed E-state index contributed by atoms with van der Waals surface area (Å²) in [4.78, 5) is 12.5. The molecule has 1 unspecified atom stereocenters. The summed E-state index contributed by atoms with van der Waals surface area (Å²) in [5, 5.41) is 11.9. The first-order valence-electron chi connectivity index (χ1n) is 8.14. The molecular weight excluding hydrogens is 412 g/mol. The van der Waals surface area contributed by atoms with Crippen LogP contribution in [0.1, 0.15) is 12.5 Å². The van der Waals surface area contributed by atoms with Gasteiger partial charge in [-0.25, -0.2) is 0 Å². The van der Waals surface area contributed by atoms with Crippen molar-refractivity contribution in [3.8, 4) is 11.4 Å². The molecule has 26 heavy (non-hydrogen) atoms. The summed E-state index contributed by atoms with van der Waals surface area (Å²) in [6.07, 6.45) is 0. The minimum Gasteiger partial charge on any atom is -0.325 e. The van der Waals surface area contributed by atoms with Crippen molar-refractivity contribution in [3.63, 3.8) is 0 Å². The first kappa shape index (κ1) is 18.7. The van der Waals surface area contributed by atoms with Crippen LogP contribution >= 0.6 is 27.7 Å². The first-order chi connectivity index (χ1) is 12.5. The number of amides is 1. The summed E-state index contributed by atoms with van der Waals surface area (Å²) in [5.74, 6) is 0.721. The number of hydrogen-bond acceptors (Lipinski definition) is 4. The minimum absolute atomic E-state index is 0.0754. The molecule has 0 fully saturated rings. The minimum atomic E-state index is -0.304. The van der Waals surface area contributed by atoms with E-state index in [1.165, 1.54) is 11.8 Å². The highest BCUT2D eigenvalue weighted by Crippen LogP contribution is 2.28. The molecule has 7 heteroatoms. The van der Waals surface area contributed by atoms with Gasteiger partial charge in [0.15, 0.2) is 11.0 Å². The van der Waals surface area contributed by atoms with Crippen molar-refractivity contribution >= 4 is 39.3 Å². The van der Waals surface area contributed by atoms with Crippen LogP contribution in [0.2, 0.25) is 0 Å². The Bertz CT molecular complexity index is 941. The Morgan fingerprint density at radius 3 is 2.69 bits per heavy atom. The van der Waals surface area contributed by atoms with Gasteiger partial charge in [0.05, 0.1) is 5.25 Å². The molecule has 0 radical (unpaired) electrons. The number of aryl methyl sites for hydroxylation is 1. The fourth-order valence-corrected chi connectivity index (χ4v) is 3.71. The Labute approximate surface area is 165 Å². The Kier molecular flexibility index (Phi) is 5.78. The highest BCUT2D eigenvalue weighted by molar-refractivity contribution is 9.10. The third kappa shape index (κ3) is 4.16. The number of thioether (sulfide) groups is 1. The zero-order valence-electron chi connectivity index (χ0n) is 14.7. The third-order valence-corrected chi connectivity index (χ3v) is 5.59. The van der Waals surface area contributed by atoms with E-state index >= 15 is 0 Å². The Balaban J connectivity index is 1.73. The molecule has 5 nitrogen and oxygen atoms in total. The number of nitrogens with zero attached hydrogens (tertiary/aromatic N) is 3. The summed E-state index contributed by atoms with van der Waals surface area (Å²) >= 11 is 4.79. The van der Waals surface area contributed by atoms with Crippen molar-refractivity contribution in [2.45, 2.75) is 24.3 Å². The van der Waals surface area contributed by atoms with Crippen molar-refractivity contribution in [1.82, 2.24) is 14.8 Å². The standard InChI is InChI=1S/C19H19BrN4OS/c1-12-7-4-5-10-16(12)17-22-23-19(24(17)3)26-13(2)18(25)21-15-9-6-8-14(20)11-15/h4-11,13H,1-3H3,(H,21,25). The Morgan fingerprint density at radius 1 is 1.19 bits per heavy atom. The SMILES string of the molecule is Cc1ccccc1-c1nnc(SC(C)C(=O)Nc2cccc(Br)c2)n1C. The molecule has 0 aliphatic heterocycles. The lowest BCUT2D eigenvalue weighted by Crippen LogP contribution is -2.22. The average Bonchev–Trinajstić information content (AvgIpc) is 2.96. The van der Waals surface area contributed by atoms with Gasteiger partial charge in [-0.05, 0) is 37.6 Å². The molecule has 0 spiro atoms. The normalized spacial score (nSPS) is 12.0. The van der Waals surface area contributed by atoms with E-state index in [1.807, 2.05) is 74.0 Å². The molecular formula is C19H19BrN4OS. The molecule has 2 aromatic carbocycles. The maximum atomic E-state index is 12.5. The van der Waals surface area contributed by atoms with Gasteiger partial charge in [0.1, 0.15) is 0 Å². The molecule has 0 saturated carbocycles. The number of nitrogens with one attached hydrogen (secondary N) is 1. The highest BCUT2D eigenvalue weighted by Gasteiger charge is 2.20. The van der Waals surface area contributed by atoms with E-state index in [1.54, 1.807) is 0 Å². The van der Waals surface area contributed by atoms with Gasteiger partial charge in [0, 0.05) is 22.8 Å². The summed E-state index contributed by atoms with van der Waals surface area (Å²) in [7, 11) is 1.92. The van der Waals surface area contributed by atoms with Crippen molar-refractivity contribution < 1.29 is 4.79 Å². The predicted octanol–water partition coefficient (Wildman–Crippen LogP) is 4.67. The molecule has 1 amide bonds. The van der Waals surface area contributed by atoms with Crippen LogP contribution in [0, 0.1) is 6.92 Å². The molecule has 0 aliphatic carbocycles. The van der Waals surface area contributed by atoms with Crippen molar-refractivity contribution in [2.75, 3.05) is 5.32 Å². The number of aromatic nitrogens is 3. The molecule has 3 rings (SSSR count). The molecule has 1 N–H and O–H groups in total. The van der Waals surface area contributed by atoms with E-state index in [0.29, 0.717) is 5.16 Å². The number of halogens is 1. The van der Waals surface area contributed by atoms with Crippen molar-refractivity contribution in [2.24, 2.45) is 7.05 Å². The van der Waals surface area contributed by atoms with Crippen LogP contribution in [-0.2, 0) is 11.8 Å². The maximum Gasteiger partial charge on any atom is 0.237 e. The summed E-state index contributed by atoms with van der Waals surface area (Å²) in [6, 6.07) is 15.6. The summed E-state index contributed by atoms with van der Waals surface area (Å²) in [6.45, 7) is 3.91. The lowest BCUT2D eigenvalue weighted by Gasteiger charge is -2.12. The number of benzene rings is 2. The smallest absolute Gasteiger partial charge is 0.237 e. The molecule has 1 atom stereocenters. The van der Waals surface area contributed by atoms with Gasteiger partial charge in [0.25, 0.3) is 0 Å².